The number of anilines is 2. The zero-order valence-corrected chi connectivity index (χ0v) is 13.6. The number of aromatic nitrogens is 2. The molecule has 0 unspecified atom stereocenters. The maximum absolute atomic E-state index is 11.0. The van der Waals surface area contributed by atoms with Gasteiger partial charge in [-0.1, -0.05) is 0 Å². The molecule has 0 aliphatic heterocycles. The number of methoxy groups -OCH3 is 1. The molecule has 0 saturated carbocycles. The molecule has 0 fully saturated rings. The Kier molecular flexibility index (Phi) is 3.83. The molecule has 0 amide bonds. The number of nitrogens with one attached hydrogen (secondary N) is 1. The lowest BCUT2D eigenvalue weighted by atomic mass is 10.2. The molecular formula is C15H14N4O3S. The van der Waals surface area contributed by atoms with Crippen LogP contribution >= 0.6 is 11.3 Å². The maximum atomic E-state index is 11.0. The number of benzene rings is 1. The Morgan fingerprint density at radius 1 is 1.30 bits per heavy atom. The van der Waals surface area contributed by atoms with Gasteiger partial charge < -0.3 is 10.1 Å². The molecule has 3 aromatic rings. The molecule has 1 aromatic carbocycles. The van der Waals surface area contributed by atoms with Gasteiger partial charge in [-0.2, -0.15) is 0 Å². The molecule has 23 heavy (non-hydrogen) atoms. The number of non-ortho nitro benzene ring substituents is 1. The number of hydrogen-bond acceptors (Lipinski definition) is 7. The molecule has 0 aliphatic rings. The van der Waals surface area contributed by atoms with Crippen molar-refractivity contribution in [2.45, 2.75) is 13.8 Å². The first-order valence-electron chi connectivity index (χ1n) is 6.81. The van der Waals surface area contributed by atoms with Gasteiger partial charge >= 0.3 is 0 Å². The Morgan fingerprint density at radius 3 is 2.78 bits per heavy atom. The van der Waals surface area contributed by atoms with Crippen LogP contribution in [0.1, 0.15) is 10.4 Å². The molecule has 0 spiro atoms. The summed E-state index contributed by atoms with van der Waals surface area (Å²) in [4.78, 5) is 21.1. The summed E-state index contributed by atoms with van der Waals surface area (Å²) in [6.07, 6.45) is 1.48. The third kappa shape index (κ3) is 2.68. The van der Waals surface area contributed by atoms with Crippen molar-refractivity contribution in [1.82, 2.24) is 9.97 Å². The first kappa shape index (κ1) is 15.2. The average Bonchev–Trinajstić information content (AvgIpc) is 2.83. The van der Waals surface area contributed by atoms with Gasteiger partial charge in [0.2, 0.25) is 0 Å². The quantitative estimate of drug-likeness (QED) is 0.575. The first-order valence-corrected chi connectivity index (χ1v) is 7.63. The second-order valence-corrected chi connectivity index (χ2v) is 6.16. The van der Waals surface area contributed by atoms with Gasteiger partial charge in [-0.05, 0) is 25.5 Å². The number of nitro groups is 1. The summed E-state index contributed by atoms with van der Waals surface area (Å²) in [6.45, 7) is 4.03. The minimum absolute atomic E-state index is 0.0168. The molecule has 0 radical (unpaired) electrons. The number of thiophene rings is 1. The van der Waals surface area contributed by atoms with E-state index in [-0.39, 0.29) is 5.69 Å². The second kappa shape index (κ2) is 5.81. The second-order valence-electron chi connectivity index (χ2n) is 4.95. The van der Waals surface area contributed by atoms with Crippen LogP contribution in [-0.2, 0) is 0 Å². The van der Waals surface area contributed by atoms with Crippen molar-refractivity contribution < 1.29 is 9.66 Å². The van der Waals surface area contributed by atoms with Gasteiger partial charge in [0.05, 0.1) is 23.1 Å². The van der Waals surface area contributed by atoms with Crippen LogP contribution in [0.3, 0.4) is 0 Å². The minimum atomic E-state index is -0.444. The molecule has 0 bridgehead atoms. The molecule has 3 rings (SSSR count). The Bertz CT molecular complexity index is 907. The van der Waals surface area contributed by atoms with E-state index in [2.05, 4.69) is 15.3 Å². The van der Waals surface area contributed by atoms with E-state index in [0.29, 0.717) is 17.3 Å². The van der Waals surface area contributed by atoms with Gasteiger partial charge in [0, 0.05) is 17.0 Å². The molecule has 0 aliphatic carbocycles. The summed E-state index contributed by atoms with van der Waals surface area (Å²) < 4.78 is 5.27. The van der Waals surface area contributed by atoms with Crippen LogP contribution in [-0.4, -0.2) is 22.0 Å². The van der Waals surface area contributed by atoms with Gasteiger partial charge in [0.25, 0.3) is 5.69 Å². The highest BCUT2D eigenvalue weighted by Crippen LogP contribution is 2.36. The predicted molar refractivity (Wildman–Crippen MR) is 89.8 cm³/mol. The third-order valence-corrected chi connectivity index (χ3v) is 4.73. The number of fused-ring (bicyclic) bond motifs is 1. The summed E-state index contributed by atoms with van der Waals surface area (Å²) >= 11 is 1.59. The summed E-state index contributed by atoms with van der Waals surface area (Å²) in [5, 5.41) is 15.0. The highest BCUT2D eigenvalue weighted by atomic mass is 32.1. The van der Waals surface area contributed by atoms with Crippen molar-refractivity contribution in [3.05, 3.63) is 45.1 Å². The van der Waals surface area contributed by atoms with E-state index in [0.717, 1.165) is 20.7 Å². The lowest BCUT2D eigenvalue weighted by Crippen LogP contribution is -1.99. The Labute approximate surface area is 136 Å². The summed E-state index contributed by atoms with van der Waals surface area (Å²) in [5.74, 6) is 1.11. The topological polar surface area (TPSA) is 90.2 Å². The van der Waals surface area contributed by atoms with E-state index in [1.807, 2.05) is 13.8 Å². The Morgan fingerprint density at radius 2 is 2.09 bits per heavy atom. The molecule has 8 heteroatoms. The van der Waals surface area contributed by atoms with E-state index < -0.39 is 4.92 Å². The van der Waals surface area contributed by atoms with Crippen LogP contribution < -0.4 is 10.1 Å². The summed E-state index contributed by atoms with van der Waals surface area (Å²) in [5.41, 5.74) is 1.57. The Balaban J connectivity index is 2.12. The number of aryl methyl sites for hydroxylation is 2. The van der Waals surface area contributed by atoms with E-state index >= 15 is 0 Å². The fraction of sp³-hybridized carbons (Fsp3) is 0.200. The largest absolute Gasteiger partial charge is 0.495 e. The maximum Gasteiger partial charge on any atom is 0.271 e. The lowest BCUT2D eigenvalue weighted by Gasteiger charge is -2.11. The van der Waals surface area contributed by atoms with Crippen LogP contribution in [0.2, 0.25) is 0 Å². The average molecular weight is 330 g/mol. The number of ether oxygens (including phenoxy) is 1. The molecule has 118 valence electrons. The van der Waals surface area contributed by atoms with Crippen molar-refractivity contribution >= 4 is 38.7 Å². The normalized spacial score (nSPS) is 10.7. The zero-order valence-electron chi connectivity index (χ0n) is 12.8. The first-order chi connectivity index (χ1) is 11.0. The third-order valence-electron chi connectivity index (χ3n) is 3.61. The molecular weight excluding hydrogens is 316 g/mol. The van der Waals surface area contributed by atoms with Crippen LogP contribution in [0.15, 0.2) is 24.5 Å². The highest BCUT2D eigenvalue weighted by molar-refractivity contribution is 7.18. The van der Waals surface area contributed by atoms with Gasteiger partial charge in [-0.15, -0.1) is 11.3 Å². The van der Waals surface area contributed by atoms with Crippen LogP contribution in [0.5, 0.6) is 5.75 Å². The van der Waals surface area contributed by atoms with Crippen molar-refractivity contribution in [3.63, 3.8) is 0 Å². The fourth-order valence-corrected chi connectivity index (χ4v) is 3.31. The molecule has 2 heterocycles. The lowest BCUT2D eigenvalue weighted by molar-refractivity contribution is -0.384. The van der Waals surface area contributed by atoms with Crippen molar-refractivity contribution in [2.75, 3.05) is 12.4 Å². The van der Waals surface area contributed by atoms with Crippen LogP contribution in [0, 0.1) is 24.0 Å². The summed E-state index contributed by atoms with van der Waals surface area (Å²) in [7, 11) is 1.52. The molecule has 7 nitrogen and oxygen atoms in total. The van der Waals surface area contributed by atoms with Gasteiger partial charge in [0.15, 0.2) is 0 Å². The molecule has 1 N–H and O–H groups in total. The van der Waals surface area contributed by atoms with E-state index in [1.54, 1.807) is 17.4 Å². The Hall–Kier alpha value is -2.74. The number of hydrogen-bond donors (Lipinski definition) is 1. The van der Waals surface area contributed by atoms with Crippen molar-refractivity contribution in [2.24, 2.45) is 0 Å². The minimum Gasteiger partial charge on any atom is -0.495 e. The molecule has 0 saturated heterocycles. The van der Waals surface area contributed by atoms with E-state index in [9.17, 15) is 10.1 Å². The fourth-order valence-electron chi connectivity index (χ4n) is 2.31. The van der Waals surface area contributed by atoms with Crippen molar-refractivity contribution in [1.29, 1.82) is 0 Å². The summed E-state index contributed by atoms with van der Waals surface area (Å²) in [6, 6.07) is 4.39. The standard InChI is InChI=1S/C15H14N4O3S/c1-8-9(2)23-15-13(8)14(16-7-17-15)18-11-6-10(19(20)21)4-5-12(11)22-3/h4-7H,1-3H3,(H,16,17,18). The number of rotatable bonds is 4. The van der Waals surface area contributed by atoms with Crippen molar-refractivity contribution in [3.8, 4) is 5.75 Å². The zero-order chi connectivity index (χ0) is 16.6. The van der Waals surface area contributed by atoms with Gasteiger partial charge in [-0.25, -0.2) is 9.97 Å². The van der Waals surface area contributed by atoms with Crippen LogP contribution in [0.4, 0.5) is 17.2 Å². The van der Waals surface area contributed by atoms with E-state index in [1.165, 1.54) is 25.6 Å². The smallest absolute Gasteiger partial charge is 0.271 e. The molecule has 0 atom stereocenters. The van der Waals surface area contributed by atoms with E-state index in [4.69, 9.17) is 4.74 Å². The SMILES string of the molecule is COc1ccc([N+](=O)[O-])cc1Nc1ncnc2sc(C)c(C)c12. The van der Waals surface area contributed by atoms with Gasteiger partial charge in [0.1, 0.15) is 22.7 Å². The molecule has 2 aromatic heterocycles. The monoisotopic (exact) mass is 330 g/mol. The number of nitro benzene ring substituents is 1. The highest BCUT2D eigenvalue weighted by Gasteiger charge is 2.16. The predicted octanol–water partition coefficient (Wildman–Crippen LogP) is 3.97. The van der Waals surface area contributed by atoms with Gasteiger partial charge in [-0.3, -0.25) is 10.1 Å². The number of nitrogens with zero attached hydrogens (tertiary/aromatic N) is 3. The van der Waals surface area contributed by atoms with Crippen LogP contribution in [0.25, 0.3) is 10.2 Å².